The molecule has 0 bridgehead atoms. The van der Waals surface area contributed by atoms with Gasteiger partial charge in [-0.1, -0.05) is 24.3 Å². The molecule has 0 aliphatic heterocycles. The van der Waals surface area contributed by atoms with Crippen molar-refractivity contribution in [2.24, 2.45) is 0 Å². The summed E-state index contributed by atoms with van der Waals surface area (Å²) in [6.07, 6.45) is 0. The molecule has 0 spiro atoms. The predicted octanol–water partition coefficient (Wildman–Crippen LogP) is 0.942. The van der Waals surface area contributed by atoms with Gasteiger partial charge in [-0.2, -0.15) is 16.8 Å². The van der Waals surface area contributed by atoms with E-state index >= 15 is 0 Å². The quantitative estimate of drug-likeness (QED) is 0.702. The van der Waals surface area contributed by atoms with Crippen LogP contribution >= 0.6 is 0 Å². The second-order valence-electron chi connectivity index (χ2n) is 3.56. The van der Waals surface area contributed by atoms with E-state index in [0.717, 1.165) is 19.2 Å². The highest BCUT2D eigenvalue weighted by Gasteiger charge is 2.18. The first-order valence-electron chi connectivity index (χ1n) is 5.13. The van der Waals surface area contributed by atoms with Crippen LogP contribution in [-0.2, 0) is 20.2 Å². The summed E-state index contributed by atoms with van der Waals surface area (Å²) in [6, 6.07) is 7.53. The first-order valence-corrected chi connectivity index (χ1v) is 8.01. The standard InChI is InChI=1S/C10H8O6S2.CH4O/c11-17(12,13)9-5-1-3-7-8(9)4-2-6-10(7)18(14,15)16;1-2/h1-6H,(H,11,12,13)(H,14,15,16);2H,1H3. The molecule has 0 atom stereocenters. The minimum Gasteiger partial charge on any atom is -0.400 e. The van der Waals surface area contributed by atoms with Gasteiger partial charge in [-0.25, -0.2) is 0 Å². The van der Waals surface area contributed by atoms with Gasteiger partial charge in [-0.3, -0.25) is 9.11 Å². The Kier molecular flexibility index (Phi) is 4.84. The van der Waals surface area contributed by atoms with Gasteiger partial charge in [0.2, 0.25) is 0 Å². The highest BCUT2D eigenvalue weighted by atomic mass is 32.2. The van der Waals surface area contributed by atoms with Crippen molar-refractivity contribution >= 4 is 31.0 Å². The van der Waals surface area contributed by atoms with E-state index in [0.29, 0.717) is 0 Å². The van der Waals surface area contributed by atoms with Crippen LogP contribution in [0.4, 0.5) is 0 Å². The largest absolute Gasteiger partial charge is 0.400 e. The summed E-state index contributed by atoms with van der Waals surface area (Å²) in [5, 5.41) is 7.05. The van der Waals surface area contributed by atoms with Crippen LogP contribution in [0.3, 0.4) is 0 Å². The lowest BCUT2D eigenvalue weighted by molar-refractivity contribution is 0.399. The fraction of sp³-hybridized carbons (Fsp3) is 0.0909. The fourth-order valence-corrected chi connectivity index (χ4v) is 3.12. The minimum absolute atomic E-state index is 0.0233. The van der Waals surface area contributed by atoms with Crippen molar-refractivity contribution in [1.82, 2.24) is 0 Å². The van der Waals surface area contributed by atoms with E-state index in [4.69, 9.17) is 14.2 Å². The molecule has 0 saturated heterocycles. The Labute approximate surface area is 116 Å². The molecule has 0 amide bonds. The molecule has 0 fully saturated rings. The van der Waals surface area contributed by atoms with Crippen molar-refractivity contribution in [3.63, 3.8) is 0 Å². The van der Waals surface area contributed by atoms with Gasteiger partial charge < -0.3 is 5.11 Å². The van der Waals surface area contributed by atoms with Crippen LogP contribution in [0.2, 0.25) is 0 Å². The SMILES string of the molecule is CO.O=S(=O)(O)c1cccc2c(S(=O)(=O)O)cccc12. The number of hydrogen-bond acceptors (Lipinski definition) is 5. The third-order valence-corrected chi connectivity index (χ3v) is 4.22. The minimum atomic E-state index is -4.47. The third-order valence-electron chi connectivity index (χ3n) is 2.40. The van der Waals surface area contributed by atoms with Gasteiger partial charge in [0.1, 0.15) is 9.79 Å². The maximum atomic E-state index is 11.2. The van der Waals surface area contributed by atoms with E-state index in [1.165, 1.54) is 24.3 Å². The number of hydrogen-bond donors (Lipinski definition) is 3. The zero-order valence-corrected chi connectivity index (χ0v) is 11.9. The van der Waals surface area contributed by atoms with Crippen molar-refractivity contribution in [3.05, 3.63) is 36.4 Å². The van der Waals surface area contributed by atoms with Gasteiger partial charge in [0.05, 0.1) is 0 Å². The number of rotatable bonds is 2. The van der Waals surface area contributed by atoms with Crippen LogP contribution < -0.4 is 0 Å². The van der Waals surface area contributed by atoms with Gasteiger partial charge in [-0.05, 0) is 12.1 Å². The van der Waals surface area contributed by atoms with Gasteiger partial charge in [0.25, 0.3) is 20.2 Å². The highest BCUT2D eigenvalue weighted by molar-refractivity contribution is 7.86. The Hall–Kier alpha value is -1.52. The van der Waals surface area contributed by atoms with Gasteiger partial charge in [0, 0.05) is 17.9 Å². The summed E-state index contributed by atoms with van der Waals surface area (Å²) in [5.41, 5.74) is 0. The molecule has 0 radical (unpaired) electrons. The molecule has 2 aromatic rings. The maximum absolute atomic E-state index is 11.2. The summed E-state index contributed by atoms with van der Waals surface area (Å²) >= 11 is 0. The van der Waals surface area contributed by atoms with Crippen LogP contribution in [0, 0.1) is 0 Å². The van der Waals surface area contributed by atoms with E-state index in [1.807, 2.05) is 0 Å². The highest BCUT2D eigenvalue weighted by Crippen LogP contribution is 2.27. The van der Waals surface area contributed by atoms with Crippen molar-refractivity contribution in [1.29, 1.82) is 0 Å². The van der Waals surface area contributed by atoms with E-state index in [2.05, 4.69) is 0 Å². The third kappa shape index (κ3) is 3.32. The number of fused-ring (bicyclic) bond motifs is 1. The average molecular weight is 320 g/mol. The molecular formula is C11H12O7S2. The summed E-state index contributed by atoms with van der Waals surface area (Å²) < 4.78 is 62.7. The van der Waals surface area contributed by atoms with E-state index < -0.39 is 30.0 Å². The van der Waals surface area contributed by atoms with Crippen LogP contribution in [-0.4, -0.2) is 38.2 Å². The molecule has 0 unspecified atom stereocenters. The van der Waals surface area contributed by atoms with Crippen LogP contribution in [0.15, 0.2) is 46.2 Å². The lowest BCUT2D eigenvalue weighted by Crippen LogP contribution is -2.02. The molecule has 2 aromatic carbocycles. The van der Waals surface area contributed by atoms with Gasteiger partial charge >= 0.3 is 0 Å². The molecule has 0 aromatic heterocycles. The molecule has 110 valence electrons. The second-order valence-corrected chi connectivity index (χ2v) is 6.34. The average Bonchev–Trinajstić information content (AvgIpc) is 2.37. The van der Waals surface area contributed by atoms with Gasteiger partial charge in [-0.15, -0.1) is 0 Å². The first-order chi connectivity index (χ1) is 9.21. The molecule has 0 saturated carbocycles. The summed E-state index contributed by atoms with van der Waals surface area (Å²) in [5.74, 6) is 0. The molecule has 0 heterocycles. The Morgan fingerprint density at radius 2 is 1.00 bits per heavy atom. The topological polar surface area (TPSA) is 129 Å². The van der Waals surface area contributed by atoms with Crippen molar-refractivity contribution in [2.45, 2.75) is 9.79 Å². The van der Waals surface area contributed by atoms with Crippen LogP contribution in [0.5, 0.6) is 0 Å². The van der Waals surface area contributed by atoms with Gasteiger partial charge in [0.15, 0.2) is 0 Å². The first kappa shape index (κ1) is 16.5. The molecular weight excluding hydrogens is 308 g/mol. The summed E-state index contributed by atoms with van der Waals surface area (Å²) in [4.78, 5) is -0.823. The molecule has 20 heavy (non-hydrogen) atoms. The zero-order valence-electron chi connectivity index (χ0n) is 10.3. The Morgan fingerprint density at radius 1 is 0.700 bits per heavy atom. The zero-order chi connectivity index (χ0) is 15.6. The maximum Gasteiger partial charge on any atom is 0.295 e. The van der Waals surface area contributed by atoms with Crippen molar-refractivity contribution in [3.8, 4) is 0 Å². The fourth-order valence-electron chi connectivity index (χ4n) is 1.70. The normalized spacial score (nSPS) is 11.8. The number of benzene rings is 2. The van der Waals surface area contributed by atoms with E-state index in [1.54, 1.807) is 0 Å². The molecule has 0 aliphatic rings. The van der Waals surface area contributed by atoms with E-state index in [9.17, 15) is 16.8 Å². The molecule has 3 N–H and O–H groups in total. The number of aliphatic hydroxyl groups excluding tert-OH is 1. The summed E-state index contributed by atoms with van der Waals surface area (Å²) in [6.45, 7) is 0. The predicted molar refractivity (Wildman–Crippen MR) is 71.7 cm³/mol. The monoisotopic (exact) mass is 320 g/mol. The lowest BCUT2D eigenvalue weighted by Gasteiger charge is -2.06. The Bertz CT molecular complexity index is 752. The molecule has 2 rings (SSSR count). The second kappa shape index (κ2) is 5.85. The van der Waals surface area contributed by atoms with Crippen LogP contribution in [0.1, 0.15) is 0 Å². The smallest absolute Gasteiger partial charge is 0.295 e. The Balaban J connectivity index is 0.000000956. The van der Waals surface area contributed by atoms with Crippen molar-refractivity contribution in [2.75, 3.05) is 7.11 Å². The Morgan fingerprint density at radius 3 is 1.25 bits per heavy atom. The van der Waals surface area contributed by atoms with Crippen molar-refractivity contribution < 1.29 is 31.0 Å². The lowest BCUT2D eigenvalue weighted by atomic mass is 10.1. The summed E-state index contributed by atoms with van der Waals surface area (Å²) in [7, 11) is -7.94. The van der Waals surface area contributed by atoms with Crippen LogP contribution in [0.25, 0.3) is 10.8 Å². The molecule has 7 nitrogen and oxygen atoms in total. The number of aliphatic hydroxyl groups is 1. The molecule has 0 aliphatic carbocycles. The van der Waals surface area contributed by atoms with E-state index in [-0.39, 0.29) is 10.8 Å². The molecule has 9 heteroatoms.